The Morgan fingerprint density at radius 1 is 1.19 bits per heavy atom. The molecular formula is C27H27N7O3. The van der Waals surface area contributed by atoms with Crippen molar-refractivity contribution in [1.29, 1.82) is 5.26 Å². The van der Waals surface area contributed by atoms with Gasteiger partial charge in [0.05, 0.1) is 19.2 Å². The van der Waals surface area contributed by atoms with Crippen LogP contribution in [0, 0.1) is 22.7 Å². The van der Waals surface area contributed by atoms with Crippen molar-refractivity contribution < 1.29 is 14.3 Å². The highest BCUT2D eigenvalue weighted by molar-refractivity contribution is 5.90. The van der Waals surface area contributed by atoms with Gasteiger partial charge in [-0.05, 0) is 30.7 Å². The molecule has 10 heteroatoms. The van der Waals surface area contributed by atoms with Gasteiger partial charge in [-0.25, -0.2) is 9.50 Å². The van der Waals surface area contributed by atoms with Crippen molar-refractivity contribution in [1.82, 2.24) is 24.4 Å². The summed E-state index contributed by atoms with van der Waals surface area (Å²) in [4.78, 5) is 35.1. The van der Waals surface area contributed by atoms with Gasteiger partial charge in [0, 0.05) is 68.2 Å². The van der Waals surface area contributed by atoms with Crippen molar-refractivity contribution >= 4 is 23.1 Å². The van der Waals surface area contributed by atoms with Crippen molar-refractivity contribution in [2.24, 2.45) is 11.3 Å². The van der Waals surface area contributed by atoms with E-state index < -0.39 is 0 Å². The molecule has 3 aliphatic rings. The quantitative estimate of drug-likeness (QED) is 0.496. The normalized spacial score (nSPS) is 18.4. The number of amides is 2. The van der Waals surface area contributed by atoms with Gasteiger partial charge in [-0.3, -0.25) is 9.59 Å². The molecule has 2 amide bonds. The van der Waals surface area contributed by atoms with Crippen LogP contribution >= 0.6 is 0 Å². The van der Waals surface area contributed by atoms with Crippen LogP contribution in [0.15, 0.2) is 49.4 Å². The van der Waals surface area contributed by atoms with E-state index in [-0.39, 0.29) is 23.1 Å². The molecular weight excluding hydrogens is 470 g/mol. The highest BCUT2D eigenvalue weighted by Crippen LogP contribution is 2.42. The first kappa shape index (κ1) is 23.0. The Labute approximate surface area is 214 Å². The topological polar surface area (TPSA) is 107 Å². The standard InChI is InChI=1S/C27H27N7O3/c1-3-24(35)32-12-21(13-32)26(36)31-7-6-27(15-31)16-33(17-27)23-5-4-18(10-29-23)19-8-22(37-2)25-20(9-28)11-30-34(25)14-19/h3-5,8,10-11,14,21H,1,6-7,12-13,15-17H2,2H3. The summed E-state index contributed by atoms with van der Waals surface area (Å²) in [5.41, 5.74) is 3.05. The molecule has 6 heterocycles. The van der Waals surface area contributed by atoms with Crippen molar-refractivity contribution in [2.45, 2.75) is 6.42 Å². The molecule has 3 aromatic rings. The molecule has 0 bridgehead atoms. The van der Waals surface area contributed by atoms with Crippen LogP contribution in [-0.2, 0) is 9.59 Å². The molecule has 3 aromatic heterocycles. The number of hydrogen-bond donors (Lipinski definition) is 0. The SMILES string of the molecule is C=CC(=O)N1CC(C(=O)N2CCC3(C2)CN(c2ccc(-c4cc(OC)c5c(C#N)cnn5c4)cn2)C3)C1. The minimum Gasteiger partial charge on any atom is -0.494 e. The Morgan fingerprint density at radius 2 is 2.00 bits per heavy atom. The van der Waals surface area contributed by atoms with Gasteiger partial charge in [-0.2, -0.15) is 10.4 Å². The zero-order valence-electron chi connectivity index (χ0n) is 20.6. The molecule has 0 saturated carbocycles. The van der Waals surface area contributed by atoms with Gasteiger partial charge in [0.25, 0.3) is 0 Å². The number of ether oxygens (including phenoxy) is 1. The van der Waals surface area contributed by atoms with Crippen molar-refractivity contribution in [2.75, 3.05) is 51.3 Å². The molecule has 0 radical (unpaired) electrons. The minimum absolute atomic E-state index is 0.0875. The lowest BCUT2D eigenvalue weighted by Crippen LogP contribution is -2.59. The largest absolute Gasteiger partial charge is 0.494 e. The number of nitrogens with zero attached hydrogens (tertiary/aromatic N) is 7. The van der Waals surface area contributed by atoms with E-state index in [0.29, 0.717) is 29.9 Å². The van der Waals surface area contributed by atoms with Crippen molar-refractivity contribution in [3.63, 3.8) is 0 Å². The number of fused-ring (bicyclic) bond motifs is 1. The number of aromatic nitrogens is 3. The van der Waals surface area contributed by atoms with Crippen molar-refractivity contribution in [3.8, 4) is 22.9 Å². The second-order valence-electron chi connectivity index (χ2n) is 10.2. The van der Waals surface area contributed by atoms with Gasteiger partial charge < -0.3 is 19.4 Å². The van der Waals surface area contributed by atoms with E-state index in [1.54, 1.807) is 16.5 Å². The van der Waals surface area contributed by atoms with Gasteiger partial charge in [0.15, 0.2) is 0 Å². The van der Waals surface area contributed by atoms with Crippen LogP contribution in [0.5, 0.6) is 5.75 Å². The fraction of sp³-hybridized carbons (Fsp3) is 0.370. The van der Waals surface area contributed by atoms with Gasteiger partial charge >= 0.3 is 0 Å². The van der Waals surface area contributed by atoms with Crippen LogP contribution in [0.4, 0.5) is 5.82 Å². The number of hydrogen-bond acceptors (Lipinski definition) is 7. The first-order valence-corrected chi connectivity index (χ1v) is 12.3. The number of likely N-dealkylation sites (tertiary alicyclic amines) is 2. The van der Waals surface area contributed by atoms with Crippen LogP contribution in [0.25, 0.3) is 16.6 Å². The summed E-state index contributed by atoms with van der Waals surface area (Å²) in [7, 11) is 1.58. The molecule has 6 rings (SSSR count). The maximum atomic E-state index is 12.9. The Bertz CT molecular complexity index is 1440. The second kappa shape index (κ2) is 8.62. The van der Waals surface area contributed by atoms with E-state index in [1.165, 1.54) is 12.3 Å². The molecule has 0 aromatic carbocycles. The van der Waals surface area contributed by atoms with Gasteiger partial charge in [0.1, 0.15) is 28.7 Å². The van der Waals surface area contributed by atoms with E-state index in [0.717, 1.165) is 49.5 Å². The lowest BCUT2D eigenvalue weighted by atomic mass is 9.79. The van der Waals surface area contributed by atoms with E-state index >= 15 is 0 Å². The summed E-state index contributed by atoms with van der Waals surface area (Å²) in [5.74, 6) is 1.47. The highest BCUT2D eigenvalue weighted by atomic mass is 16.5. The molecule has 188 valence electrons. The molecule has 3 fully saturated rings. The predicted octanol–water partition coefficient (Wildman–Crippen LogP) is 1.96. The monoisotopic (exact) mass is 497 g/mol. The summed E-state index contributed by atoms with van der Waals surface area (Å²) >= 11 is 0. The van der Waals surface area contributed by atoms with E-state index in [2.05, 4.69) is 22.6 Å². The molecule has 1 spiro atoms. The van der Waals surface area contributed by atoms with E-state index in [1.807, 2.05) is 35.5 Å². The number of nitriles is 1. The zero-order chi connectivity index (χ0) is 25.7. The lowest BCUT2D eigenvalue weighted by molar-refractivity contribution is -0.145. The first-order valence-electron chi connectivity index (χ1n) is 12.3. The van der Waals surface area contributed by atoms with Gasteiger partial charge in [-0.15, -0.1) is 0 Å². The number of carbonyl (C=O) groups is 2. The molecule has 0 N–H and O–H groups in total. The van der Waals surface area contributed by atoms with Crippen LogP contribution in [0.1, 0.15) is 12.0 Å². The third-order valence-electron chi connectivity index (χ3n) is 7.84. The molecule has 10 nitrogen and oxygen atoms in total. The minimum atomic E-state index is -0.107. The third kappa shape index (κ3) is 3.78. The number of methoxy groups -OCH3 is 1. The summed E-state index contributed by atoms with van der Waals surface area (Å²) in [5, 5.41) is 13.6. The van der Waals surface area contributed by atoms with E-state index in [4.69, 9.17) is 9.72 Å². The predicted molar refractivity (Wildman–Crippen MR) is 136 cm³/mol. The Morgan fingerprint density at radius 3 is 2.68 bits per heavy atom. The smallest absolute Gasteiger partial charge is 0.246 e. The van der Waals surface area contributed by atoms with Crippen molar-refractivity contribution in [3.05, 3.63) is 55.0 Å². The van der Waals surface area contributed by atoms with Crippen LogP contribution in [-0.4, -0.2) is 82.6 Å². The molecule has 0 atom stereocenters. The average molecular weight is 498 g/mol. The number of pyridine rings is 2. The summed E-state index contributed by atoms with van der Waals surface area (Å²) in [6.07, 6.45) is 7.53. The third-order valence-corrected chi connectivity index (χ3v) is 7.84. The van der Waals surface area contributed by atoms with Crippen LogP contribution < -0.4 is 9.64 Å². The van der Waals surface area contributed by atoms with Gasteiger partial charge in [-0.1, -0.05) is 6.58 Å². The average Bonchev–Trinajstić information content (AvgIpc) is 3.51. The lowest BCUT2D eigenvalue weighted by Gasteiger charge is -2.49. The fourth-order valence-electron chi connectivity index (χ4n) is 5.73. The fourth-order valence-corrected chi connectivity index (χ4v) is 5.73. The Hall–Kier alpha value is -4.39. The summed E-state index contributed by atoms with van der Waals surface area (Å²) in [6, 6.07) is 8.08. The summed E-state index contributed by atoms with van der Waals surface area (Å²) in [6.45, 7) is 7.78. The van der Waals surface area contributed by atoms with E-state index in [9.17, 15) is 14.9 Å². The number of anilines is 1. The highest BCUT2D eigenvalue weighted by Gasteiger charge is 2.50. The molecule has 3 aliphatic heterocycles. The number of rotatable bonds is 5. The maximum absolute atomic E-state index is 12.9. The maximum Gasteiger partial charge on any atom is 0.246 e. The second-order valence-corrected chi connectivity index (χ2v) is 10.2. The zero-order valence-corrected chi connectivity index (χ0v) is 20.6. The Balaban J connectivity index is 1.09. The molecule has 0 unspecified atom stereocenters. The number of carbonyl (C=O) groups excluding carboxylic acids is 2. The molecule has 0 aliphatic carbocycles. The van der Waals surface area contributed by atoms with Gasteiger partial charge in [0.2, 0.25) is 11.8 Å². The molecule has 37 heavy (non-hydrogen) atoms. The van der Waals surface area contributed by atoms with Crippen LogP contribution in [0.2, 0.25) is 0 Å². The first-order chi connectivity index (χ1) is 17.9. The summed E-state index contributed by atoms with van der Waals surface area (Å²) < 4.78 is 7.17. The molecule has 3 saturated heterocycles. The van der Waals surface area contributed by atoms with Crippen LogP contribution in [0.3, 0.4) is 0 Å². The Kier molecular flexibility index (Phi) is 5.37.